The van der Waals surface area contributed by atoms with Crippen molar-refractivity contribution in [1.29, 1.82) is 0 Å². The van der Waals surface area contributed by atoms with E-state index in [4.69, 9.17) is 15.2 Å². The van der Waals surface area contributed by atoms with Crippen molar-refractivity contribution >= 4 is 0 Å². The highest BCUT2D eigenvalue weighted by Crippen LogP contribution is 2.04. The van der Waals surface area contributed by atoms with Crippen molar-refractivity contribution in [2.75, 3.05) is 39.5 Å². The molecule has 0 spiro atoms. The van der Waals surface area contributed by atoms with Crippen LogP contribution in [0.4, 0.5) is 0 Å². The van der Waals surface area contributed by atoms with Gasteiger partial charge in [0.2, 0.25) is 0 Å². The van der Waals surface area contributed by atoms with Gasteiger partial charge in [0.05, 0.1) is 25.9 Å². The lowest BCUT2D eigenvalue weighted by atomic mass is 10.2. The van der Waals surface area contributed by atoms with E-state index in [0.717, 1.165) is 32.9 Å². The molecule has 0 bridgehead atoms. The van der Waals surface area contributed by atoms with Gasteiger partial charge in [0.1, 0.15) is 0 Å². The van der Waals surface area contributed by atoms with E-state index < -0.39 is 0 Å². The van der Waals surface area contributed by atoms with Gasteiger partial charge in [-0.1, -0.05) is 0 Å². The molecule has 1 atom stereocenters. The Hall–Kier alpha value is -0.160. The molecule has 2 N–H and O–H groups in total. The maximum absolute atomic E-state index is 5.73. The SMILES string of the molecule is CC(C)OCC(CN)N1CCOCC1. The van der Waals surface area contributed by atoms with Gasteiger partial charge in [0.15, 0.2) is 0 Å². The Balaban J connectivity index is 2.28. The monoisotopic (exact) mass is 202 g/mol. The van der Waals surface area contributed by atoms with E-state index in [1.165, 1.54) is 0 Å². The van der Waals surface area contributed by atoms with Crippen LogP contribution < -0.4 is 5.73 Å². The molecule has 14 heavy (non-hydrogen) atoms. The van der Waals surface area contributed by atoms with Crippen LogP contribution in [0.15, 0.2) is 0 Å². The number of hydrogen-bond acceptors (Lipinski definition) is 4. The average molecular weight is 202 g/mol. The molecule has 4 nitrogen and oxygen atoms in total. The fourth-order valence-electron chi connectivity index (χ4n) is 1.57. The summed E-state index contributed by atoms with van der Waals surface area (Å²) in [6, 6.07) is 0.348. The van der Waals surface area contributed by atoms with Crippen molar-refractivity contribution in [2.24, 2.45) is 5.73 Å². The van der Waals surface area contributed by atoms with Crippen LogP contribution in [0.5, 0.6) is 0 Å². The number of rotatable bonds is 5. The van der Waals surface area contributed by atoms with Gasteiger partial charge in [-0.05, 0) is 13.8 Å². The van der Waals surface area contributed by atoms with Crippen LogP contribution in [0.3, 0.4) is 0 Å². The van der Waals surface area contributed by atoms with Gasteiger partial charge in [-0.25, -0.2) is 0 Å². The smallest absolute Gasteiger partial charge is 0.0637 e. The molecule has 1 rings (SSSR count). The minimum absolute atomic E-state index is 0.282. The van der Waals surface area contributed by atoms with Crippen molar-refractivity contribution in [3.8, 4) is 0 Å². The molecule has 0 aromatic heterocycles. The van der Waals surface area contributed by atoms with Crippen molar-refractivity contribution in [3.05, 3.63) is 0 Å². The number of nitrogens with two attached hydrogens (primary N) is 1. The maximum atomic E-state index is 5.73. The second kappa shape index (κ2) is 6.35. The molecule has 0 aromatic carbocycles. The highest BCUT2D eigenvalue weighted by molar-refractivity contribution is 4.74. The van der Waals surface area contributed by atoms with Crippen LogP contribution in [0.25, 0.3) is 0 Å². The van der Waals surface area contributed by atoms with Crippen molar-refractivity contribution in [3.63, 3.8) is 0 Å². The first-order valence-electron chi connectivity index (χ1n) is 5.37. The summed E-state index contributed by atoms with van der Waals surface area (Å²) in [6.07, 6.45) is 0.282. The van der Waals surface area contributed by atoms with Crippen LogP contribution in [-0.2, 0) is 9.47 Å². The molecular weight excluding hydrogens is 180 g/mol. The molecule has 0 aromatic rings. The number of ether oxygens (including phenoxy) is 2. The predicted octanol–water partition coefficient (Wildman–Crippen LogP) is 0.0709. The normalized spacial score (nSPS) is 21.4. The van der Waals surface area contributed by atoms with E-state index in [0.29, 0.717) is 12.6 Å². The van der Waals surface area contributed by atoms with E-state index in [1.807, 2.05) is 13.8 Å². The van der Waals surface area contributed by atoms with Crippen LogP contribution in [0, 0.1) is 0 Å². The fraction of sp³-hybridized carbons (Fsp3) is 1.00. The number of morpholine rings is 1. The average Bonchev–Trinajstić information content (AvgIpc) is 2.20. The van der Waals surface area contributed by atoms with E-state index in [9.17, 15) is 0 Å². The summed E-state index contributed by atoms with van der Waals surface area (Å²) in [6.45, 7) is 9.07. The van der Waals surface area contributed by atoms with E-state index >= 15 is 0 Å². The first-order valence-corrected chi connectivity index (χ1v) is 5.37. The number of nitrogens with zero attached hydrogens (tertiary/aromatic N) is 1. The van der Waals surface area contributed by atoms with Gasteiger partial charge in [0.25, 0.3) is 0 Å². The van der Waals surface area contributed by atoms with Gasteiger partial charge in [-0.3, -0.25) is 4.90 Å². The fourth-order valence-corrected chi connectivity index (χ4v) is 1.57. The predicted molar refractivity (Wildman–Crippen MR) is 56.3 cm³/mol. The zero-order valence-corrected chi connectivity index (χ0v) is 9.24. The lowest BCUT2D eigenvalue weighted by Gasteiger charge is -2.33. The van der Waals surface area contributed by atoms with Crippen LogP contribution in [-0.4, -0.2) is 56.5 Å². The van der Waals surface area contributed by atoms with E-state index in [2.05, 4.69) is 4.90 Å². The van der Waals surface area contributed by atoms with Crippen LogP contribution >= 0.6 is 0 Å². The van der Waals surface area contributed by atoms with Crippen molar-refractivity contribution < 1.29 is 9.47 Å². The molecule has 4 heteroatoms. The van der Waals surface area contributed by atoms with Crippen LogP contribution in [0.1, 0.15) is 13.8 Å². The van der Waals surface area contributed by atoms with Crippen LogP contribution in [0.2, 0.25) is 0 Å². The quantitative estimate of drug-likeness (QED) is 0.685. The Bertz CT molecular complexity index is 147. The van der Waals surface area contributed by atoms with Gasteiger partial charge >= 0.3 is 0 Å². The Morgan fingerprint density at radius 1 is 1.36 bits per heavy atom. The molecule has 0 amide bonds. The standard InChI is InChI=1S/C10H22N2O2/c1-9(2)14-8-10(7-11)12-3-5-13-6-4-12/h9-10H,3-8,11H2,1-2H3. The highest BCUT2D eigenvalue weighted by Gasteiger charge is 2.19. The summed E-state index contributed by atoms with van der Waals surface area (Å²) in [4.78, 5) is 2.35. The third-order valence-corrected chi connectivity index (χ3v) is 2.46. The van der Waals surface area contributed by atoms with Gasteiger partial charge < -0.3 is 15.2 Å². The molecule has 1 aliphatic rings. The van der Waals surface area contributed by atoms with E-state index in [1.54, 1.807) is 0 Å². The Kier molecular flexibility index (Phi) is 5.40. The van der Waals surface area contributed by atoms with Crippen molar-refractivity contribution in [2.45, 2.75) is 26.0 Å². The summed E-state index contributed by atoms with van der Waals surface area (Å²) in [5.41, 5.74) is 5.73. The first-order chi connectivity index (χ1) is 6.74. The zero-order chi connectivity index (χ0) is 10.4. The summed E-state index contributed by atoms with van der Waals surface area (Å²) < 4.78 is 10.9. The van der Waals surface area contributed by atoms with E-state index in [-0.39, 0.29) is 6.10 Å². The molecule has 1 saturated heterocycles. The van der Waals surface area contributed by atoms with Crippen molar-refractivity contribution in [1.82, 2.24) is 4.90 Å². The number of hydrogen-bond donors (Lipinski definition) is 1. The molecule has 0 radical (unpaired) electrons. The van der Waals surface area contributed by atoms with Gasteiger partial charge in [-0.2, -0.15) is 0 Å². The second-order valence-electron chi connectivity index (χ2n) is 3.92. The minimum Gasteiger partial charge on any atom is -0.379 e. The molecule has 0 saturated carbocycles. The largest absolute Gasteiger partial charge is 0.379 e. The summed E-state index contributed by atoms with van der Waals surface area (Å²) in [5, 5.41) is 0. The third kappa shape index (κ3) is 3.92. The molecule has 1 heterocycles. The minimum atomic E-state index is 0.282. The molecular formula is C10H22N2O2. The maximum Gasteiger partial charge on any atom is 0.0637 e. The molecule has 0 aliphatic carbocycles. The highest BCUT2D eigenvalue weighted by atomic mass is 16.5. The summed E-state index contributed by atoms with van der Waals surface area (Å²) in [5.74, 6) is 0. The van der Waals surface area contributed by atoms with Gasteiger partial charge in [-0.15, -0.1) is 0 Å². The molecule has 1 aliphatic heterocycles. The topological polar surface area (TPSA) is 47.7 Å². The Morgan fingerprint density at radius 2 is 2.00 bits per heavy atom. The zero-order valence-electron chi connectivity index (χ0n) is 9.24. The third-order valence-electron chi connectivity index (χ3n) is 2.46. The molecule has 84 valence electrons. The van der Waals surface area contributed by atoms with Gasteiger partial charge in [0, 0.05) is 25.7 Å². The summed E-state index contributed by atoms with van der Waals surface area (Å²) in [7, 11) is 0. The summed E-state index contributed by atoms with van der Waals surface area (Å²) >= 11 is 0. The molecule has 1 unspecified atom stereocenters. The molecule has 1 fully saturated rings. The lowest BCUT2D eigenvalue weighted by Crippen LogP contribution is -2.49. The Labute approximate surface area is 86.3 Å². The Morgan fingerprint density at radius 3 is 2.50 bits per heavy atom. The first kappa shape index (κ1) is 11.9. The second-order valence-corrected chi connectivity index (χ2v) is 3.92. The lowest BCUT2D eigenvalue weighted by molar-refractivity contribution is -0.0198.